The summed E-state index contributed by atoms with van der Waals surface area (Å²) in [7, 11) is 1.65. The van der Waals surface area contributed by atoms with Gasteiger partial charge < -0.3 is 9.72 Å². The summed E-state index contributed by atoms with van der Waals surface area (Å²) < 4.78 is 5.55. The first-order valence-electron chi connectivity index (χ1n) is 7.24. The molecule has 2 aromatic rings. The fraction of sp³-hybridized carbons (Fsp3) is 0.412. The minimum atomic E-state index is -0.0799. The number of hydrogen-bond acceptors (Lipinski definition) is 3. The van der Waals surface area contributed by atoms with Crippen LogP contribution in [0.15, 0.2) is 16.9 Å². The zero-order valence-electron chi connectivity index (χ0n) is 13.3. The Bertz CT molecular complexity index is 717. The molecule has 0 aliphatic rings. The summed E-state index contributed by atoms with van der Waals surface area (Å²) in [5.74, 6) is 1.52. The zero-order chi connectivity index (χ0) is 15.6. The lowest BCUT2D eigenvalue weighted by Crippen LogP contribution is -2.16. The van der Waals surface area contributed by atoms with Gasteiger partial charge in [-0.05, 0) is 44.4 Å². The Labute approximate surface area is 125 Å². The number of aromatic amines is 1. The van der Waals surface area contributed by atoms with Crippen LogP contribution in [-0.4, -0.2) is 17.1 Å². The van der Waals surface area contributed by atoms with Crippen LogP contribution < -0.4 is 10.3 Å². The second-order valence-electron chi connectivity index (χ2n) is 5.32. The Morgan fingerprint density at radius 2 is 1.90 bits per heavy atom. The first kappa shape index (κ1) is 15.3. The average Bonchev–Trinajstić information content (AvgIpc) is 2.46. The standard InChI is InChI=1S/C17H22N2O2/c1-6-7-14-18-15(12(4)17(20)19-14)13-9-8-10(2)11(3)16(13)21-5/h8-9H,6-7H2,1-5H3,(H,18,19,20). The third kappa shape index (κ3) is 2.84. The van der Waals surface area contributed by atoms with Crippen molar-refractivity contribution < 1.29 is 4.74 Å². The third-order valence-corrected chi connectivity index (χ3v) is 3.82. The van der Waals surface area contributed by atoms with E-state index in [1.54, 1.807) is 14.0 Å². The number of aromatic nitrogens is 2. The van der Waals surface area contributed by atoms with Crippen LogP contribution in [0.3, 0.4) is 0 Å². The Kier molecular flexibility index (Phi) is 4.46. The summed E-state index contributed by atoms with van der Waals surface area (Å²) in [4.78, 5) is 19.6. The van der Waals surface area contributed by atoms with Gasteiger partial charge in [-0.1, -0.05) is 13.0 Å². The number of aryl methyl sites for hydroxylation is 2. The monoisotopic (exact) mass is 286 g/mol. The van der Waals surface area contributed by atoms with Crippen molar-refractivity contribution in [2.75, 3.05) is 7.11 Å². The van der Waals surface area contributed by atoms with Crippen LogP contribution in [0, 0.1) is 20.8 Å². The summed E-state index contributed by atoms with van der Waals surface area (Å²) in [6, 6.07) is 4.01. The molecule has 1 aromatic carbocycles. The minimum absolute atomic E-state index is 0.0799. The van der Waals surface area contributed by atoms with Crippen molar-refractivity contribution in [3.8, 4) is 17.0 Å². The van der Waals surface area contributed by atoms with E-state index >= 15 is 0 Å². The first-order valence-corrected chi connectivity index (χ1v) is 7.24. The highest BCUT2D eigenvalue weighted by atomic mass is 16.5. The van der Waals surface area contributed by atoms with Gasteiger partial charge in [-0.25, -0.2) is 4.98 Å². The first-order chi connectivity index (χ1) is 9.99. The van der Waals surface area contributed by atoms with Crippen molar-refractivity contribution in [2.24, 2.45) is 0 Å². The van der Waals surface area contributed by atoms with Crippen LogP contribution in [-0.2, 0) is 6.42 Å². The number of rotatable bonds is 4. The van der Waals surface area contributed by atoms with E-state index in [4.69, 9.17) is 4.74 Å². The maximum absolute atomic E-state index is 12.1. The van der Waals surface area contributed by atoms with Gasteiger partial charge in [-0.15, -0.1) is 0 Å². The molecular weight excluding hydrogens is 264 g/mol. The van der Waals surface area contributed by atoms with E-state index in [-0.39, 0.29) is 5.56 Å². The third-order valence-electron chi connectivity index (χ3n) is 3.82. The van der Waals surface area contributed by atoms with Crippen LogP contribution in [0.5, 0.6) is 5.75 Å². The summed E-state index contributed by atoms with van der Waals surface area (Å²) in [5, 5.41) is 0. The van der Waals surface area contributed by atoms with Gasteiger partial charge in [0.05, 0.1) is 12.8 Å². The van der Waals surface area contributed by atoms with Gasteiger partial charge in [0.1, 0.15) is 11.6 Å². The van der Waals surface area contributed by atoms with Gasteiger partial charge in [0, 0.05) is 17.5 Å². The van der Waals surface area contributed by atoms with Crippen molar-refractivity contribution >= 4 is 0 Å². The van der Waals surface area contributed by atoms with Crippen LogP contribution in [0.2, 0.25) is 0 Å². The van der Waals surface area contributed by atoms with E-state index in [1.807, 2.05) is 26.0 Å². The highest BCUT2D eigenvalue weighted by Gasteiger charge is 2.16. The maximum atomic E-state index is 12.1. The Morgan fingerprint density at radius 1 is 1.19 bits per heavy atom. The van der Waals surface area contributed by atoms with Gasteiger partial charge in [-0.2, -0.15) is 0 Å². The Hall–Kier alpha value is -2.10. The number of nitrogens with one attached hydrogen (secondary N) is 1. The molecule has 1 aromatic heterocycles. The average molecular weight is 286 g/mol. The molecule has 0 atom stereocenters. The van der Waals surface area contributed by atoms with E-state index in [1.165, 1.54) is 0 Å². The molecule has 0 saturated carbocycles. The molecule has 21 heavy (non-hydrogen) atoms. The number of benzene rings is 1. The molecule has 4 nitrogen and oxygen atoms in total. The molecular formula is C17H22N2O2. The van der Waals surface area contributed by atoms with Crippen LogP contribution >= 0.6 is 0 Å². The Morgan fingerprint density at radius 3 is 2.52 bits per heavy atom. The SMILES string of the molecule is CCCc1nc(-c2ccc(C)c(C)c2OC)c(C)c(=O)[nH]1. The number of ether oxygens (including phenoxy) is 1. The highest BCUT2D eigenvalue weighted by Crippen LogP contribution is 2.34. The molecule has 0 amide bonds. The van der Waals surface area contributed by atoms with Gasteiger partial charge in [-0.3, -0.25) is 4.79 Å². The van der Waals surface area contributed by atoms with Crippen LogP contribution in [0.25, 0.3) is 11.3 Å². The second kappa shape index (κ2) is 6.12. The quantitative estimate of drug-likeness (QED) is 0.938. The highest BCUT2D eigenvalue weighted by molar-refractivity contribution is 5.72. The normalized spacial score (nSPS) is 10.7. The smallest absolute Gasteiger partial charge is 0.254 e. The molecule has 0 fully saturated rings. The topological polar surface area (TPSA) is 55.0 Å². The fourth-order valence-electron chi connectivity index (χ4n) is 2.44. The van der Waals surface area contributed by atoms with E-state index in [9.17, 15) is 4.79 Å². The summed E-state index contributed by atoms with van der Waals surface area (Å²) in [6.07, 6.45) is 1.70. The van der Waals surface area contributed by atoms with Crippen LogP contribution in [0.4, 0.5) is 0 Å². The second-order valence-corrected chi connectivity index (χ2v) is 5.32. The van der Waals surface area contributed by atoms with Gasteiger partial charge in [0.2, 0.25) is 0 Å². The van der Waals surface area contributed by atoms with Crippen molar-refractivity contribution in [1.29, 1.82) is 0 Å². The largest absolute Gasteiger partial charge is 0.496 e. The van der Waals surface area contributed by atoms with Crippen LogP contribution in [0.1, 0.15) is 35.9 Å². The molecule has 1 N–H and O–H groups in total. The van der Waals surface area contributed by atoms with Crippen molar-refractivity contribution in [1.82, 2.24) is 9.97 Å². The predicted molar refractivity (Wildman–Crippen MR) is 85.1 cm³/mol. The molecule has 4 heteroatoms. The number of hydrogen-bond donors (Lipinski definition) is 1. The summed E-state index contributed by atoms with van der Waals surface area (Å²) >= 11 is 0. The lowest BCUT2D eigenvalue weighted by Gasteiger charge is -2.15. The predicted octanol–water partition coefficient (Wildman–Crippen LogP) is 3.32. The number of H-pyrrole nitrogens is 1. The Balaban J connectivity index is 2.72. The molecule has 0 bridgehead atoms. The summed E-state index contributed by atoms with van der Waals surface area (Å²) in [5.41, 5.74) is 4.37. The molecule has 2 rings (SSSR count). The molecule has 112 valence electrons. The number of methoxy groups -OCH3 is 1. The lowest BCUT2D eigenvalue weighted by atomic mass is 10.00. The molecule has 1 heterocycles. The molecule has 0 radical (unpaired) electrons. The fourth-order valence-corrected chi connectivity index (χ4v) is 2.44. The van der Waals surface area contributed by atoms with Crippen molar-refractivity contribution in [3.05, 3.63) is 45.0 Å². The lowest BCUT2D eigenvalue weighted by molar-refractivity contribution is 0.412. The van der Waals surface area contributed by atoms with E-state index < -0.39 is 0 Å². The number of nitrogens with zero attached hydrogens (tertiary/aromatic N) is 1. The summed E-state index contributed by atoms with van der Waals surface area (Å²) in [6.45, 7) is 7.93. The molecule has 0 spiro atoms. The molecule has 0 aliphatic heterocycles. The van der Waals surface area contributed by atoms with E-state index in [0.29, 0.717) is 11.3 Å². The molecule has 0 unspecified atom stereocenters. The molecule has 0 saturated heterocycles. The maximum Gasteiger partial charge on any atom is 0.254 e. The van der Waals surface area contributed by atoms with Gasteiger partial charge >= 0.3 is 0 Å². The van der Waals surface area contributed by atoms with E-state index in [2.05, 4.69) is 16.9 Å². The van der Waals surface area contributed by atoms with Crippen molar-refractivity contribution in [3.63, 3.8) is 0 Å². The van der Waals surface area contributed by atoms with E-state index in [0.717, 1.165) is 41.1 Å². The zero-order valence-corrected chi connectivity index (χ0v) is 13.3. The molecule has 0 aliphatic carbocycles. The van der Waals surface area contributed by atoms with Crippen molar-refractivity contribution in [2.45, 2.75) is 40.5 Å². The van der Waals surface area contributed by atoms with Gasteiger partial charge in [0.15, 0.2) is 0 Å². The minimum Gasteiger partial charge on any atom is -0.496 e. The van der Waals surface area contributed by atoms with Gasteiger partial charge in [0.25, 0.3) is 5.56 Å².